The number of hydrogen-bond acceptors (Lipinski definition) is 0. The van der Waals surface area contributed by atoms with Gasteiger partial charge in [0.1, 0.15) is 13.7 Å². The summed E-state index contributed by atoms with van der Waals surface area (Å²) in [7, 11) is 31.5. The molecule has 2 unspecified atom stereocenters. The van der Waals surface area contributed by atoms with Gasteiger partial charge in [0.05, 0.1) is 0 Å². The summed E-state index contributed by atoms with van der Waals surface area (Å²) in [5.41, 5.74) is 1.27. The first-order chi connectivity index (χ1) is 9.36. The zero-order valence-electron chi connectivity index (χ0n) is 12.2. The zero-order chi connectivity index (χ0) is 15.0. The number of rotatable bonds is 5. The number of aryl methyl sites for hydroxylation is 1. The molecule has 10 radical (unpaired) electrons. The van der Waals surface area contributed by atoms with Crippen molar-refractivity contribution in [3.8, 4) is 0 Å². The van der Waals surface area contributed by atoms with Gasteiger partial charge in [0, 0.05) is 82.2 Å². The van der Waals surface area contributed by atoms with E-state index < -0.39 is 12.8 Å². The summed E-state index contributed by atoms with van der Waals surface area (Å²) in [6, 6.07) is 6.19. The van der Waals surface area contributed by atoms with Crippen LogP contribution in [0.1, 0.15) is 18.4 Å². The molecule has 1 nitrogen and oxygen atoms in total. The van der Waals surface area contributed by atoms with Crippen LogP contribution in [0.25, 0.3) is 0 Å². The summed E-state index contributed by atoms with van der Waals surface area (Å²) in [6.07, 6.45) is 0.471. The number of pyridine rings is 1. The summed E-state index contributed by atoms with van der Waals surface area (Å²) in [5, 5.41) is 0. The third-order valence-corrected chi connectivity index (χ3v) is 4.66. The van der Waals surface area contributed by atoms with E-state index >= 15 is 0 Å². The highest BCUT2D eigenvalue weighted by molar-refractivity contribution is 8.01. The van der Waals surface area contributed by atoms with E-state index in [0.717, 1.165) is 0 Å². The summed E-state index contributed by atoms with van der Waals surface area (Å²) in [4.78, 5) is 0. The monoisotopic (exact) mass is 244 g/mol. The Kier molecular flexibility index (Phi) is 5.08. The lowest BCUT2D eigenvalue weighted by atomic mass is 8.57. The van der Waals surface area contributed by atoms with Gasteiger partial charge in [0.2, 0.25) is 0 Å². The molecule has 0 N–H and O–H groups in total. The molecule has 1 aromatic rings. The second kappa shape index (κ2) is 6.28. The van der Waals surface area contributed by atoms with Crippen molar-refractivity contribution in [2.45, 2.75) is 18.6 Å². The van der Waals surface area contributed by atoms with E-state index in [-0.39, 0.29) is 12.8 Å². The van der Waals surface area contributed by atoms with Crippen LogP contribution in [0.4, 0.5) is 0 Å². The first-order valence-corrected chi connectivity index (χ1v) is 7.08. The molecule has 2 atom stereocenters. The molecule has 0 aromatic carbocycles. The van der Waals surface area contributed by atoms with Gasteiger partial charge >= 0.3 is 0 Å². The van der Waals surface area contributed by atoms with E-state index in [2.05, 4.69) is 17.6 Å². The van der Waals surface area contributed by atoms with Crippen molar-refractivity contribution in [1.29, 1.82) is 0 Å². The molecule has 2 heterocycles. The van der Waals surface area contributed by atoms with Crippen molar-refractivity contribution in [2.75, 3.05) is 0 Å². The first-order valence-electron chi connectivity index (χ1n) is 7.08. The Morgan fingerprint density at radius 2 is 1.75 bits per heavy atom. The third-order valence-electron chi connectivity index (χ3n) is 4.66. The molecule has 1 aromatic heterocycles. The van der Waals surface area contributed by atoms with E-state index in [1.165, 1.54) is 5.69 Å². The van der Waals surface area contributed by atoms with Gasteiger partial charge in [-0.3, -0.25) is 0 Å². The van der Waals surface area contributed by atoms with Crippen LogP contribution in [-0.2, 0) is 7.05 Å². The first kappa shape index (κ1) is 16.2. The lowest BCUT2D eigenvalue weighted by molar-refractivity contribution is -0.679. The average molecular weight is 242 g/mol. The Labute approximate surface area is 131 Å². The maximum atomic E-state index is 6.13. The van der Waals surface area contributed by atoms with Crippen molar-refractivity contribution in [1.82, 2.24) is 0 Å². The highest BCUT2D eigenvalue weighted by atomic mass is 14.9. The van der Waals surface area contributed by atoms with E-state index in [1.54, 1.807) is 0 Å². The minimum Gasteiger partial charge on any atom is -0.206 e. The van der Waals surface area contributed by atoms with Crippen molar-refractivity contribution < 1.29 is 4.57 Å². The van der Waals surface area contributed by atoms with Crippen LogP contribution < -0.4 is 4.57 Å². The SMILES string of the molecule is [B]B([B])B([B])B(B([B])[B])B1C(C)C1c1cccc[n+]1C. The molecule has 1 saturated heterocycles. The molecule has 20 heavy (non-hydrogen) atoms. The second-order valence-corrected chi connectivity index (χ2v) is 6.01. The van der Waals surface area contributed by atoms with E-state index in [1.807, 2.05) is 25.4 Å². The Balaban J connectivity index is 2.23. The molecule has 0 spiro atoms. The minimum absolute atomic E-state index is 0.0739. The molecule has 1 aliphatic heterocycles. The van der Waals surface area contributed by atoms with E-state index in [0.29, 0.717) is 18.2 Å². The largest absolute Gasteiger partial charge is 0.206 e. The van der Waals surface area contributed by atoms with Gasteiger partial charge in [-0.2, -0.15) is 0 Å². The topological polar surface area (TPSA) is 3.88 Å². The van der Waals surface area contributed by atoms with Crippen LogP contribution in [0.15, 0.2) is 24.4 Å². The molecule has 0 amide bonds. The lowest BCUT2D eigenvalue weighted by Gasteiger charge is -2.25. The quantitative estimate of drug-likeness (QED) is 0.402. The molecular weight excluding hydrogens is 230 g/mol. The average Bonchev–Trinajstić information content (AvgIpc) is 3.00. The van der Waals surface area contributed by atoms with Crippen LogP contribution in [0.5, 0.6) is 0 Å². The van der Waals surface area contributed by atoms with Gasteiger partial charge in [-0.05, 0) is 0 Å². The second-order valence-electron chi connectivity index (χ2n) is 6.01. The standard InChI is InChI=1S/C9H12B10N/c1-7-9(8-5-3-4-6-20(8)2)15(7)19(17(12)13)18(14)16(10)11/h3-7,9H,1-2H3/q+1. The molecule has 0 bridgehead atoms. The predicted octanol–water partition coefficient (Wildman–Crippen LogP) is -2.35. The fraction of sp³-hybridized carbons (Fsp3) is 0.444. The minimum atomic E-state index is -0.604. The summed E-state index contributed by atoms with van der Waals surface area (Å²) < 4.78 is 2.13. The smallest absolute Gasteiger partial charge is 0.175 e. The van der Waals surface area contributed by atoms with Crippen molar-refractivity contribution in [3.63, 3.8) is 0 Å². The summed E-state index contributed by atoms with van der Waals surface area (Å²) in [5.74, 6) is 0.888. The summed E-state index contributed by atoms with van der Waals surface area (Å²) >= 11 is 0. The van der Waals surface area contributed by atoms with Gasteiger partial charge in [-0.1, -0.05) is 18.8 Å². The Hall–Kier alpha value is -0.201. The van der Waals surface area contributed by atoms with Crippen LogP contribution in [0, 0.1) is 0 Å². The maximum Gasteiger partial charge on any atom is 0.175 e. The predicted molar refractivity (Wildman–Crippen MR) is 97.3 cm³/mol. The number of nitrogens with zero attached hydrogens (tertiary/aromatic N) is 1. The molecule has 2 rings (SSSR count). The number of hydrogen-bond donors (Lipinski definition) is 0. The van der Waals surface area contributed by atoms with Crippen LogP contribution in [0.3, 0.4) is 0 Å². The van der Waals surface area contributed by atoms with Gasteiger partial charge < -0.3 is 0 Å². The highest BCUT2D eigenvalue weighted by Gasteiger charge is 2.59. The molecule has 1 fully saturated rings. The molecule has 82 valence electrons. The Bertz CT molecular complexity index is 468. The van der Waals surface area contributed by atoms with Crippen LogP contribution in [0.2, 0.25) is 5.82 Å². The Morgan fingerprint density at radius 1 is 1.10 bits per heavy atom. The van der Waals surface area contributed by atoms with Crippen molar-refractivity contribution >= 4 is 70.8 Å². The van der Waals surface area contributed by atoms with Crippen LogP contribution in [-0.4, -0.2) is 70.8 Å². The molecule has 11 heteroatoms. The lowest BCUT2D eigenvalue weighted by Crippen LogP contribution is -2.64. The van der Waals surface area contributed by atoms with Gasteiger partial charge in [-0.25, -0.2) is 4.57 Å². The summed E-state index contributed by atoms with van der Waals surface area (Å²) in [6.45, 7) is 2.53. The van der Waals surface area contributed by atoms with Crippen molar-refractivity contribution in [3.05, 3.63) is 30.1 Å². The highest BCUT2D eigenvalue weighted by Crippen LogP contribution is 2.51. The fourth-order valence-electron chi connectivity index (χ4n) is 3.46. The molecular formula is C9H12B10N+. The maximum absolute atomic E-state index is 6.13. The van der Waals surface area contributed by atoms with Crippen LogP contribution >= 0.6 is 0 Å². The number of aromatic nitrogens is 1. The van der Waals surface area contributed by atoms with E-state index in [4.69, 9.17) is 38.7 Å². The van der Waals surface area contributed by atoms with E-state index in [9.17, 15) is 0 Å². The van der Waals surface area contributed by atoms with Gasteiger partial charge in [-0.15, -0.1) is 0 Å². The van der Waals surface area contributed by atoms with Crippen molar-refractivity contribution in [2.24, 2.45) is 7.05 Å². The Morgan fingerprint density at radius 3 is 2.25 bits per heavy atom. The molecule has 0 saturated carbocycles. The van der Waals surface area contributed by atoms with Gasteiger partial charge in [0.15, 0.2) is 11.9 Å². The molecule has 1 aliphatic rings. The fourth-order valence-corrected chi connectivity index (χ4v) is 3.46. The third kappa shape index (κ3) is 3.02. The molecule has 0 aliphatic carbocycles. The van der Waals surface area contributed by atoms with Gasteiger partial charge in [0.25, 0.3) is 0 Å². The normalized spacial score (nSPS) is 20.4. The zero-order valence-corrected chi connectivity index (χ0v) is 12.2.